The summed E-state index contributed by atoms with van der Waals surface area (Å²) in [6.45, 7) is 0. The molecule has 0 saturated carbocycles. The zero-order chi connectivity index (χ0) is 12.4. The molecule has 0 amide bonds. The third-order valence-electron chi connectivity index (χ3n) is 2.10. The lowest BCUT2D eigenvalue weighted by Crippen LogP contribution is -2.03. The van der Waals surface area contributed by atoms with Gasteiger partial charge in [0, 0.05) is 10.6 Å². The average Bonchev–Trinajstić information content (AvgIpc) is 2.27. The fourth-order valence-corrected chi connectivity index (χ4v) is 1.90. The highest BCUT2D eigenvalue weighted by molar-refractivity contribution is 9.12. The lowest BCUT2D eigenvalue weighted by Gasteiger charge is -2.05. The van der Waals surface area contributed by atoms with Crippen molar-refractivity contribution in [2.75, 3.05) is 0 Å². The summed E-state index contributed by atoms with van der Waals surface area (Å²) in [4.78, 5) is 15.4. The van der Waals surface area contributed by atoms with Gasteiger partial charge in [0.1, 0.15) is 5.75 Å². The van der Waals surface area contributed by atoms with Gasteiger partial charge in [-0.05, 0) is 46.3 Å². The second kappa shape index (κ2) is 4.85. The minimum Gasteiger partial charge on any atom is -0.506 e. The number of phenolic OH excluding ortho intramolecular Hbond substituents is 1. The molecule has 1 aliphatic carbocycles. The Morgan fingerprint density at radius 3 is 2.71 bits per heavy atom. The number of allylic oxidation sites excluding steroid dienone is 4. The molecule has 0 aliphatic heterocycles. The molecule has 0 bridgehead atoms. The Morgan fingerprint density at radius 2 is 2.06 bits per heavy atom. The van der Waals surface area contributed by atoms with E-state index in [1.807, 2.05) is 0 Å². The first-order chi connectivity index (χ1) is 8.06. The number of phenols is 1. The van der Waals surface area contributed by atoms with Gasteiger partial charge in [-0.15, -0.1) is 0 Å². The van der Waals surface area contributed by atoms with E-state index in [-0.39, 0.29) is 16.6 Å². The highest BCUT2D eigenvalue weighted by Gasteiger charge is 2.09. The SMILES string of the molecule is O=C1C=CC(=Nc2ccc(O)c(Cl)c2)C(Br)=C1. The first kappa shape index (κ1) is 12.1. The number of hydrogen-bond acceptors (Lipinski definition) is 3. The van der Waals surface area contributed by atoms with Crippen LogP contribution in [0.3, 0.4) is 0 Å². The van der Waals surface area contributed by atoms with Crippen LogP contribution in [-0.2, 0) is 4.79 Å². The predicted octanol–water partition coefficient (Wildman–Crippen LogP) is 3.54. The summed E-state index contributed by atoms with van der Waals surface area (Å²) in [5, 5.41) is 9.52. The van der Waals surface area contributed by atoms with E-state index in [9.17, 15) is 9.90 Å². The molecule has 1 N–H and O–H groups in total. The van der Waals surface area contributed by atoms with Crippen LogP contribution in [0.5, 0.6) is 5.75 Å². The Bertz CT molecular complexity index is 576. The van der Waals surface area contributed by atoms with Gasteiger partial charge < -0.3 is 5.11 Å². The number of rotatable bonds is 1. The molecule has 0 atom stereocenters. The predicted molar refractivity (Wildman–Crippen MR) is 71.4 cm³/mol. The maximum Gasteiger partial charge on any atom is 0.179 e. The standard InChI is InChI=1S/C12H7BrClNO2/c13-9-6-8(16)2-3-11(9)15-7-1-4-12(17)10(14)5-7/h1-6,17H. The van der Waals surface area contributed by atoms with Crippen LogP contribution in [0.4, 0.5) is 5.69 Å². The topological polar surface area (TPSA) is 49.7 Å². The summed E-state index contributed by atoms with van der Waals surface area (Å²) >= 11 is 9.03. The molecule has 0 unspecified atom stereocenters. The molecule has 0 aromatic heterocycles. The normalized spacial score (nSPS) is 17.4. The molecular weight excluding hydrogens is 305 g/mol. The number of aromatic hydroxyl groups is 1. The maximum absolute atomic E-state index is 11.1. The van der Waals surface area contributed by atoms with Crippen LogP contribution in [0.1, 0.15) is 0 Å². The van der Waals surface area contributed by atoms with Gasteiger partial charge >= 0.3 is 0 Å². The molecule has 0 fully saturated rings. The smallest absolute Gasteiger partial charge is 0.179 e. The van der Waals surface area contributed by atoms with E-state index < -0.39 is 0 Å². The molecule has 86 valence electrons. The number of carbonyl (C=O) groups excluding carboxylic acids is 1. The lowest BCUT2D eigenvalue weighted by atomic mass is 10.1. The van der Waals surface area contributed by atoms with Crippen molar-refractivity contribution in [3.05, 3.63) is 45.9 Å². The van der Waals surface area contributed by atoms with E-state index in [2.05, 4.69) is 20.9 Å². The van der Waals surface area contributed by atoms with Crippen LogP contribution in [0, 0.1) is 0 Å². The number of halogens is 2. The molecule has 1 aliphatic rings. The number of carbonyl (C=O) groups is 1. The van der Waals surface area contributed by atoms with Gasteiger partial charge in [0.15, 0.2) is 5.78 Å². The van der Waals surface area contributed by atoms with Crippen molar-refractivity contribution in [2.45, 2.75) is 0 Å². The molecule has 0 spiro atoms. The summed E-state index contributed by atoms with van der Waals surface area (Å²) in [5.41, 5.74) is 1.23. The van der Waals surface area contributed by atoms with Crippen molar-refractivity contribution < 1.29 is 9.90 Å². The van der Waals surface area contributed by atoms with Crippen molar-refractivity contribution in [1.29, 1.82) is 0 Å². The summed E-state index contributed by atoms with van der Waals surface area (Å²) in [7, 11) is 0. The molecule has 5 heteroatoms. The van der Waals surface area contributed by atoms with E-state index in [0.717, 1.165) is 0 Å². The van der Waals surface area contributed by atoms with Crippen molar-refractivity contribution >= 4 is 44.7 Å². The van der Waals surface area contributed by atoms with Crippen molar-refractivity contribution in [1.82, 2.24) is 0 Å². The lowest BCUT2D eigenvalue weighted by molar-refractivity contribution is -0.110. The molecule has 0 saturated heterocycles. The molecule has 2 rings (SSSR count). The minimum atomic E-state index is -0.0837. The number of hydrogen-bond donors (Lipinski definition) is 1. The van der Waals surface area contributed by atoms with Crippen molar-refractivity contribution in [2.24, 2.45) is 4.99 Å². The number of ketones is 1. The third kappa shape index (κ3) is 2.84. The molecule has 1 aromatic rings. The van der Waals surface area contributed by atoms with Gasteiger partial charge in [0.25, 0.3) is 0 Å². The summed E-state index contributed by atoms with van der Waals surface area (Å²) in [5.74, 6) is -0.0702. The quantitative estimate of drug-likeness (QED) is 0.806. The fraction of sp³-hybridized carbons (Fsp3) is 0. The first-order valence-corrected chi connectivity index (χ1v) is 5.90. The highest BCUT2D eigenvalue weighted by Crippen LogP contribution is 2.28. The fourth-order valence-electron chi connectivity index (χ4n) is 1.28. The largest absolute Gasteiger partial charge is 0.506 e. The Morgan fingerprint density at radius 1 is 1.29 bits per heavy atom. The highest BCUT2D eigenvalue weighted by atomic mass is 79.9. The monoisotopic (exact) mass is 311 g/mol. The summed E-state index contributed by atoms with van der Waals surface area (Å²) < 4.78 is 0.620. The van der Waals surface area contributed by atoms with Gasteiger partial charge in [-0.1, -0.05) is 11.6 Å². The number of benzene rings is 1. The Hall–Kier alpha value is -1.39. The Balaban J connectivity index is 2.37. The summed E-state index contributed by atoms with van der Waals surface area (Å²) in [6, 6.07) is 4.66. The minimum absolute atomic E-state index is 0.0135. The van der Waals surface area contributed by atoms with E-state index >= 15 is 0 Å². The van der Waals surface area contributed by atoms with Crippen LogP contribution in [0.2, 0.25) is 5.02 Å². The van der Waals surface area contributed by atoms with Crippen LogP contribution >= 0.6 is 27.5 Å². The van der Waals surface area contributed by atoms with Gasteiger partial charge in [-0.2, -0.15) is 0 Å². The molecule has 0 heterocycles. The second-order valence-corrected chi connectivity index (χ2v) is 4.62. The first-order valence-electron chi connectivity index (χ1n) is 4.73. The Labute approximate surface area is 111 Å². The zero-order valence-electron chi connectivity index (χ0n) is 8.52. The van der Waals surface area contributed by atoms with E-state index in [0.29, 0.717) is 15.9 Å². The molecule has 3 nitrogen and oxygen atoms in total. The van der Waals surface area contributed by atoms with E-state index in [4.69, 9.17) is 11.6 Å². The van der Waals surface area contributed by atoms with Crippen LogP contribution in [0.25, 0.3) is 0 Å². The van der Waals surface area contributed by atoms with Crippen LogP contribution in [-0.4, -0.2) is 16.6 Å². The van der Waals surface area contributed by atoms with Gasteiger partial charge in [0.2, 0.25) is 0 Å². The Kier molecular flexibility index (Phi) is 3.45. The second-order valence-electron chi connectivity index (χ2n) is 3.36. The van der Waals surface area contributed by atoms with Crippen LogP contribution in [0.15, 0.2) is 45.9 Å². The summed E-state index contributed by atoms with van der Waals surface area (Å²) in [6.07, 6.45) is 4.50. The molecule has 17 heavy (non-hydrogen) atoms. The van der Waals surface area contributed by atoms with Gasteiger partial charge in [0.05, 0.1) is 16.4 Å². The van der Waals surface area contributed by atoms with Crippen LogP contribution < -0.4 is 0 Å². The molecule has 1 aromatic carbocycles. The van der Waals surface area contributed by atoms with Gasteiger partial charge in [-0.25, -0.2) is 4.99 Å². The zero-order valence-corrected chi connectivity index (χ0v) is 10.9. The number of nitrogens with zero attached hydrogens (tertiary/aromatic N) is 1. The third-order valence-corrected chi connectivity index (χ3v) is 3.04. The van der Waals surface area contributed by atoms with E-state index in [1.165, 1.54) is 18.2 Å². The maximum atomic E-state index is 11.1. The van der Waals surface area contributed by atoms with Crippen molar-refractivity contribution in [3.8, 4) is 5.75 Å². The average molecular weight is 313 g/mol. The molecule has 0 radical (unpaired) electrons. The van der Waals surface area contributed by atoms with Crippen molar-refractivity contribution in [3.63, 3.8) is 0 Å². The van der Waals surface area contributed by atoms with E-state index in [1.54, 1.807) is 18.2 Å². The number of aliphatic imine (C=N–C) groups is 1. The van der Waals surface area contributed by atoms with Gasteiger partial charge in [-0.3, -0.25) is 4.79 Å². The molecular formula is C12H7BrClNO2.